The molecule has 1 amide bonds. The Morgan fingerprint density at radius 2 is 2.11 bits per heavy atom. The summed E-state index contributed by atoms with van der Waals surface area (Å²) >= 11 is 0. The second kappa shape index (κ2) is 7.14. The lowest BCUT2D eigenvalue weighted by Gasteiger charge is -2.21. The molecule has 4 nitrogen and oxygen atoms in total. The van der Waals surface area contributed by atoms with Crippen LogP contribution in [0.3, 0.4) is 0 Å². The zero-order valence-corrected chi connectivity index (χ0v) is 12.2. The number of amides is 1. The Hall–Kier alpha value is -1.55. The average molecular weight is 264 g/mol. The van der Waals surface area contributed by atoms with E-state index in [0.29, 0.717) is 13.0 Å². The van der Waals surface area contributed by atoms with Crippen molar-refractivity contribution in [3.63, 3.8) is 0 Å². The van der Waals surface area contributed by atoms with Crippen molar-refractivity contribution in [1.29, 1.82) is 0 Å². The smallest absolute Gasteiger partial charge is 0.227 e. The number of carbonyl (C=O) groups excluding carboxylic acids is 1. The Kier molecular flexibility index (Phi) is 5.83. The molecule has 106 valence electrons. The minimum atomic E-state index is -0.262. The zero-order valence-electron chi connectivity index (χ0n) is 12.2. The summed E-state index contributed by atoms with van der Waals surface area (Å²) in [6.45, 7) is 6.37. The first kappa shape index (κ1) is 15.5. The summed E-state index contributed by atoms with van der Waals surface area (Å²) in [7, 11) is 1.62. The maximum Gasteiger partial charge on any atom is 0.227 e. The van der Waals surface area contributed by atoms with Gasteiger partial charge in [-0.05, 0) is 39.8 Å². The molecule has 1 aromatic carbocycles. The first-order valence-corrected chi connectivity index (χ1v) is 6.64. The molecule has 0 radical (unpaired) electrons. The number of hydrogen-bond acceptors (Lipinski definition) is 3. The number of hydrogen-bond donors (Lipinski definition) is 2. The van der Waals surface area contributed by atoms with Crippen LogP contribution in [0.5, 0.6) is 5.75 Å². The molecule has 1 aromatic rings. The van der Waals surface area contributed by atoms with Crippen LogP contribution in [0, 0.1) is 6.92 Å². The minimum absolute atomic E-state index is 0.00403. The number of rotatable bonds is 6. The summed E-state index contributed by atoms with van der Waals surface area (Å²) in [6.07, 6.45) is 0.609. The molecule has 0 fully saturated rings. The van der Waals surface area contributed by atoms with E-state index >= 15 is 0 Å². The normalized spacial score (nSPS) is 12.3. The lowest BCUT2D eigenvalue weighted by molar-refractivity contribution is -0.123. The maximum atomic E-state index is 12.3. The third-order valence-corrected chi connectivity index (χ3v) is 2.96. The van der Waals surface area contributed by atoms with Crippen LogP contribution in [0.15, 0.2) is 18.2 Å². The number of carbonyl (C=O) groups is 1. The molecule has 19 heavy (non-hydrogen) atoms. The third kappa shape index (κ3) is 4.24. The van der Waals surface area contributed by atoms with Crippen LogP contribution in [0.4, 0.5) is 0 Å². The van der Waals surface area contributed by atoms with Crippen LogP contribution < -0.4 is 15.8 Å². The lowest BCUT2D eigenvalue weighted by atomic mass is 9.92. The Morgan fingerprint density at radius 1 is 1.42 bits per heavy atom. The van der Waals surface area contributed by atoms with Crippen LogP contribution in [-0.4, -0.2) is 25.6 Å². The second-order valence-corrected chi connectivity index (χ2v) is 5.04. The van der Waals surface area contributed by atoms with Gasteiger partial charge in [-0.1, -0.05) is 17.7 Å². The molecule has 0 aliphatic heterocycles. The molecule has 0 aliphatic rings. The van der Waals surface area contributed by atoms with Gasteiger partial charge >= 0.3 is 0 Å². The molecule has 0 heterocycles. The van der Waals surface area contributed by atoms with E-state index < -0.39 is 0 Å². The summed E-state index contributed by atoms with van der Waals surface area (Å²) in [5.74, 6) is 0.481. The van der Waals surface area contributed by atoms with E-state index in [1.165, 1.54) is 0 Å². The van der Waals surface area contributed by atoms with Gasteiger partial charge in [-0.3, -0.25) is 4.79 Å². The zero-order chi connectivity index (χ0) is 14.4. The summed E-state index contributed by atoms with van der Waals surface area (Å²) < 4.78 is 5.36. The van der Waals surface area contributed by atoms with Crippen molar-refractivity contribution in [2.75, 3.05) is 13.7 Å². The maximum absolute atomic E-state index is 12.3. The van der Waals surface area contributed by atoms with E-state index in [-0.39, 0.29) is 17.9 Å². The molecule has 0 saturated carbocycles. The molecule has 1 atom stereocenters. The number of benzene rings is 1. The van der Waals surface area contributed by atoms with Crippen LogP contribution in [0.25, 0.3) is 0 Å². The van der Waals surface area contributed by atoms with E-state index in [0.717, 1.165) is 16.9 Å². The summed E-state index contributed by atoms with van der Waals surface area (Å²) in [4.78, 5) is 12.3. The van der Waals surface area contributed by atoms with E-state index in [1.807, 2.05) is 39.0 Å². The Bertz CT molecular complexity index is 430. The van der Waals surface area contributed by atoms with Crippen molar-refractivity contribution < 1.29 is 9.53 Å². The van der Waals surface area contributed by atoms with Gasteiger partial charge in [0.1, 0.15) is 5.75 Å². The quantitative estimate of drug-likeness (QED) is 0.825. The molecule has 4 heteroatoms. The number of nitrogens with two attached hydrogens (primary N) is 1. The molecule has 3 N–H and O–H groups in total. The minimum Gasteiger partial charge on any atom is -0.496 e. The summed E-state index contributed by atoms with van der Waals surface area (Å²) in [5, 5.41) is 2.95. The molecule has 1 unspecified atom stereocenters. The average Bonchev–Trinajstić information content (AvgIpc) is 2.35. The fourth-order valence-electron chi connectivity index (χ4n) is 2.11. The molecule has 0 saturated heterocycles. The molecule has 1 rings (SSSR count). The highest BCUT2D eigenvalue weighted by atomic mass is 16.5. The fourth-order valence-corrected chi connectivity index (χ4v) is 2.11. The van der Waals surface area contributed by atoms with E-state index in [4.69, 9.17) is 10.5 Å². The first-order chi connectivity index (χ1) is 8.99. The number of ether oxygens (including phenoxy) is 1. The van der Waals surface area contributed by atoms with Crippen molar-refractivity contribution in [3.05, 3.63) is 29.3 Å². The predicted octanol–water partition coefficient (Wildman–Crippen LogP) is 1.96. The van der Waals surface area contributed by atoms with Gasteiger partial charge < -0.3 is 15.8 Å². The van der Waals surface area contributed by atoms with Gasteiger partial charge in [0.25, 0.3) is 0 Å². The van der Waals surface area contributed by atoms with Gasteiger partial charge in [0.05, 0.1) is 13.0 Å². The van der Waals surface area contributed by atoms with Crippen LogP contribution >= 0.6 is 0 Å². The number of nitrogens with one attached hydrogen (secondary N) is 1. The summed E-state index contributed by atoms with van der Waals surface area (Å²) in [6, 6.07) is 5.99. The van der Waals surface area contributed by atoms with Crippen LogP contribution in [-0.2, 0) is 4.79 Å². The van der Waals surface area contributed by atoms with Crippen molar-refractivity contribution in [2.24, 2.45) is 5.73 Å². The standard InChI is InChI=1S/C15H24N2O2/c1-10(2)17-15(18)12(7-8-16)13-9-11(3)5-6-14(13)19-4/h5-6,9-10,12H,7-8,16H2,1-4H3,(H,17,18). The van der Waals surface area contributed by atoms with Gasteiger partial charge in [-0.2, -0.15) is 0 Å². The fraction of sp³-hybridized carbons (Fsp3) is 0.533. The Labute approximate surface area is 115 Å². The van der Waals surface area contributed by atoms with Gasteiger partial charge in [0, 0.05) is 11.6 Å². The first-order valence-electron chi connectivity index (χ1n) is 6.64. The Balaban J connectivity index is 3.10. The van der Waals surface area contributed by atoms with Gasteiger partial charge in [0.2, 0.25) is 5.91 Å². The molecule has 0 spiro atoms. The summed E-state index contributed by atoms with van der Waals surface area (Å²) in [5.41, 5.74) is 7.66. The highest BCUT2D eigenvalue weighted by Crippen LogP contribution is 2.30. The van der Waals surface area contributed by atoms with E-state index in [1.54, 1.807) is 7.11 Å². The Morgan fingerprint density at radius 3 is 2.63 bits per heavy atom. The topological polar surface area (TPSA) is 64.3 Å². The SMILES string of the molecule is COc1ccc(C)cc1C(CCN)C(=O)NC(C)C. The highest BCUT2D eigenvalue weighted by molar-refractivity contribution is 5.84. The van der Waals surface area contributed by atoms with Gasteiger partial charge in [-0.15, -0.1) is 0 Å². The van der Waals surface area contributed by atoms with Crippen molar-refractivity contribution >= 4 is 5.91 Å². The van der Waals surface area contributed by atoms with Crippen molar-refractivity contribution in [2.45, 2.75) is 39.2 Å². The molecule has 0 bridgehead atoms. The van der Waals surface area contributed by atoms with Gasteiger partial charge in [0.15, 0.2) is 0 Å². The second-order valence-electron chi connectivity index (χ2n) is 5.04. The van der Waals surface area contributed by atoms with Crippen LogP contribution in [0.1, 0.15) is 37.3 Å². The van der Waals surface area contributed by atoms with E-state index in [2.05, 4.69) is 5.32 Å². The molecular weight excluding hydrogens is 240 g/mol. The number of aryl methyl sites for hydroxylation is 1. The van der Waals surface area contributed by atoms with E-state index in [9.17, 15) is 4.79 Å². The highest BCUT2D eigenvalue weighted by Gasteiger charge is 2.23. The van der Waals surface area contributed by atoms with Crippen LogP contribution in [0.2, 0.25) is 0 Å². The molecule has 0 aromatic heterocycles. The lowest BCUT2D eigenvalue weighted by Crippen LogP contribution is -2.35. The molecular formula is C15H24N2O2. The monoisotopic (exact) mass is 264 g/mol. The predicted molar refractivity (Wildman–Crippen MR) is 77.4 cm³/mol. The number of methoxy groups -OCH3 is 1. The van der Waals surface area contributed by atoms with Crippen molar-refractivity contribution in [3.8, 4) is 5.75 Å². The van der Waals surface area contributed by atoms with Gasteiger partial charge in [-0.25, -0.2) is 0 Å². The molecule has 0 aliphatic carbocycles. The van der Waals surface area contributed by atoms with Crippen molar-refractivity contribution in [1.82, 2.24) is 5.32 Å². The largest absolute Gasteiger partial charge is 0.496 e. The third-order valence-electron chi connectivity index (χ3n) is 2.96.